The second-order valence-electron chi connectivity index (χ2n) is 4.36. The fourth-order valence-electron chi connectivity index (χ4n) is 2.01. The normalized spacial score (nSPS) is 10.8. The lowest BCUT2D eigenvalue weighted by atomic mass is 10.1. The predicted molar refractivity (Wildman–Crippen MR) is 79.0 cm³/mol. The second kappa shape index (κ2) is 5.38. The molecule has 3 aromatic rings. The molecule has 96 valence electrons. The van der Waals surface area contributed by atoms with Crippen LogP contribution in [0.1, 0.15) is 9.75 Å². The van der Waals surface area contributed by atoms with Crippen molar-refractivity contribution >= 4 is 11.3 Å². The first-order chi connectivity index (χ1) is 9.35. The third-order valence-corrected chi connectivity index (χ3v) is 4.07. The van der Waals surface area contributed by atoms with E-state index in [-0.39, 0.29) is 0 Å². The highest BCUT2D eigenvalue weighted by molar-refractivity contribution is 7.11. The van der Waals surface area contributed by atoms with Gasteiger partial charge in [-0.25, -0.2) is 0 Å². The zero-order valence-electron chi connectivity index (χ0n) is 10.5. The molecule has 2 N–H and O–H groups in total. The van der Waals surface area contributed by atoms with E-state index in [0.717, 1.165) is 12.1 Å². The summed E-state index contributed by atoms with van der Waals surface area (Å²) in [7, 11) is 0. The molecule has 0 atom stereocenters. The van der Waals surface area contributed by atoms with Crippen molar-refractivity contribution in [1.29, 1.82) is 0 Å². The van der Waals surface area contributed by atoms with Crippen molar-refractivity contribution in [2.75, 3.05) is 0 Å². The van der Waals surface area contributed by atoms with Crippen LogP contribution in [0.15, 0.2) is 54.9 Å². The van der Waals surface area contributed by atoms with Crippen LogP contribution in [0, 0.1) is 0 Å². The van der Waals surface area contributed by atoms with Gasteiger partial charge in [-0.15, -0.1) is 11.3 Å². The highest BCUT2D eigenvalue weighted by atomic mass is 32.1. The molecule has 0 aliphatic heterocycles. The van der Waals surface area contributed by atoms with Crippen molar-refractivity contribution in [3.05, 3.63) is 64.6 Å². The lowest BCUT2D eigenvalue weighted by Gasteiger charge is -1.98. The van der Waals surface area contributed by atoms with Gasteiger partial charge < -0.3 is 5.73 Å². The number of hydrogen-bond acceptors (Lipinski definition) is 3. The van der Waals surface area contributed by atoms with E-state index in [1.165, 1.54) is 15.3 Å². The summed E-state index contributed by atoms with van der Waals surface area (Å²) in [6.07, 6.45) is 3.99. The number of benzene rings is 1. The molecule has 4 heteroatoms. The maximum absolute atomic E-state index is 5.62. The lowest BCUT2D eigenvalue weighted by Crippen LogP contribution is -1.97. The minimum atomic E-state index is 0.610. The highest BCUT2D eigenvalue weighted by Crippen LogP contribution is 2.20. The van der Waals surface area contributed by atoms with Gasteiger partial charge in [0.05, 0.1) is 12.7 Å². The van der Waals surface area contributed by atoms with Gasteiger partial charge in [0.15, 0.2) is 0 Å². The van der Waals surface area contributed by atoms with Crippen molar-refractivity contribution in [2.45, 2.75) is 13.1 Å². The molecular formula is C15H15N3S. The van der Waals surface area contributed by atoms with Crippen molar-refractivity contribution in [1.82, 2.24) is 9.78 Å². The summed E-state index contributed by atoms with van der Waals surface area (Å²) >= 11 is 1.75. The molecule has 2 heterocycles. The number of rotatable bonds is 4. The van der Waals surface area contributed by atoms with Gasteiger partial charge in [-0.2, -0.15) is 5.10 Å². The molecule has 0 unspecified atom stereocenters. The van der Waals surface area contributed by atoms with Gasteiger partial charge in [-0.1, -0.05) is 30.3 Å². The predicted octanol–water partition coefficient (Wildman–Crippen LogP) is 3.12. The zero-order valence-corrected chi connectivity index (χ0v) is 11.3. The Morgan fingerprint density at radius 1 is 1.00 bits per heavy atom. The molecule has 0 bridgehead atoms. The average molecular weight is 269 g/mol. The maximum Gasteiger partial charge on any atom is 0.0752 e. The number of nitrogens with two attached hydrogens (primary N) is 1. The van der Waals surface area contributed by atoms with E-state index in [1.807, 2.05) is 29.1 Å². The summed E-state index contributed by atoms with van der Waals surface area (Å²) in [5.74, 6) is 0. The summed E-state index contributed by atoms with van der Waals surface area (Å²) in [6, 6.07) is 14.5. The van der Waals surface area contributed by atoms with E-state index >= 15 is 0 Å². The highest BCUT2D eigenvalue weighted by Gasteiger charge is 2.03. The Hall–Kier alpha value is -1.91. The Kier molecular flexibility index (Phi) is 3.44. The zero-order chi connectivity index (χ0) is 13.1. The Balaban J connectivity index is 1.78. The SMILES string of the molecule is NCc1ccc(Cn2cc(-c3ccccc3)cn2)s1. The molecule has 0 aliphatic rings. The van der Waals surface area contributed by atoms with Crippen LogP contribution in [0.2, 0.25) is 0 Å². The number of aromatic nitrogens is 2. The molecule has 0 spiro atoms. The van der Waals surface area contributed by atoms with E-state index in [0.29, 0.717) is 6.54 Å². The molecule has 0 saturated carbocycles. The van der Waals surface area contributed by atoms with Crippen molar-refractivity contribution in [3.63, 3.8) is 0 Å². The first-order valence-corrected chi connectivity index (χ1v) is 7.02. The molecular weight excluding hydrogens is 254 g/mol. The molecule has 3 nitrogen and oxygen atoms in total. The van der Waals surface area contributed by atoms with Gasteiger partial charge in [0, 0.05) is 28.1 Å². The minimum absolute atomic E-state index is 0.610. The average Bonchev–Trinajstić information content (AvgIpc) is 3.09. The summed E-state index contributed by atoms with van der Waals surface area (Å²) in [6.45, 7) is 1.41. The first kappa shape index (κ1) is 12.1. The maximum atomic E-state index is 5.62. The van der Waals surface area contributed by atoms with Gasteiger partial charge in [0.25, 0.3) is 0 Å². The molecule has 2 aromatic heterocycles. The van der Waals surface area contributed by atoms with Gasteiger partial charge in [-0.3, -0.25) is 4.68 Å². The largest absolute Gasteiger partial charge is 0.326 e. The summed E-state index contributed by atoms with van der Waals surface area (Å²) < 4.78 is 1.97. The van der Waals surface area contributed by atoms with Crippen molar-refractivity contribution in [2.24, 2.45) is 5.73 Å². The summed E-state index contributed by atoms with van der Waals surface area (Å²) in [5.41, 5.74) is 7.97. The first-order valence-electron chi connectivity index (χ1n) is 6.20. The molecule has 0 saturated heterocycles. The van der Waals surface area contributed by atoms with E-state index < -0.39 is 0 Å². The molecule has 1 aromatic carbocycles. The Labute approximate surface area is 116 Å². The minimum Gasteiger partial charge on any atom is -0.326 e. The molecule has 0 aliphatic carbocycles. The van der Waals surface area contributed by atoms with Crippen molar-refractivity contribution in [3.8, 4) is 11.1 Å². The molecule has 0 radical (unpaired) electrons. The fourth-order valence-corrected chi connectivity index (χ4v) is 2.90. The van der Waals surface area contributed by atoms with Crippen LogP contribution in [0.3, 0.4) is 0 Å². The molecule has 19 heavy (non-hydrogen) atoms. The van der Waals surface area contributed by atoms with Crippen LogP contribution >= 0.6 is 11.3 Å². The van der Waals surface area contributed by atoms with Crippen LogP contribution in [-0.4, -0.2) is 9.78 Å². The van der Waals surface area contributed by atoms with E-state index in [4.69, 9.17) is 5.73 Å². The van der Waals surface area contributed by atoms with Crippen LogP contribution < -0.4 is 5.73 Å². The Morgan fingerprint density at radius 2 is 1.79 bits per heavy atom. The summed E-state index contributed by atoms with van der Waals surface area (Å²) in [4.78, 5) is 2.49. The van der Waals surface area contributed by atoms with Gasteiger partial charge in [-0.05, 0) is 17.7 Å². The number of thiophene rings is 1. The van der Waals surface area contributed by atoms with Crippen molar-refractivity contribution < 1.29 is 0 Å². The third-order valence-electron chi connectivity index (χ3n) is 2.98. The van der Waals surface area contributed by atoms with Crippen LogP contribution in [-0.2, 0) is 13.1 Å². The smallest absolute Gasteiger partial charge is 0.0752 e. The second-order valence-corrected chi connectivity index (χ2v) is 5.62. The van der Waals surface area contributed by atoms with Crippen LogP contribution in [0.25, 0.3) is 11.1 Å². The molecule has 3 rings (SSSR count). The van der Waals surface area contributed by atoms with Gasteiger partial charge in [0.2, 0.25) is 0 Å². The quantitative estimate of drug-likeness (QED) is 0.791. The molecule has 0 amide bonds. The lowest BCUT2D eigenvalue weighted by molar-refractivity contribution is 0.695. The third kappa shape index (κ3) is 2.75. The Bertz CT molecular complexity index is 655. The van der Waals surface area contributed by atoms with E-state index in [9.17, 15) is 0 Å². The molecule has 0 fully saturated rings. The standard InChI is InChI=1S/C15H15N3S/c16-8-14-6-7-15(19-14)11-18-10-13(9-17-18)12-4-2-1-3-5-12/h1-7,9-10H,8,11,16H2. The van der Waals surface area contributed by atoms with E-state index in [1.54, 1.807) is 11.3 Å². The topological polar surface area (TPSA) is 43.8 Å². The number of hydrogen-bond donors (Lipinski definition) is 1. The monoisotopic (exact) mass is 269 g/mol. The van der Waals surface area contributed by atoms with Crippen LogP contribution in [0.4, 0.5) is 0 Å². The van der Waals surface area contributed by atoms with Crippen LogP contribution in [0.5, 0.6) is 0 Å². The fraction of sp³-hybridized carbons (Fsp3) is 0.133. The van der Waals surface area contributed by atoms with E-state index in [2.05, 4.69) is 35.6 Å². The Morgan fingerprint density at radius 3 is 2.53 bits per heavy atom. The number of nitrogens with zero attached hydrogens (tertiary/aromatic N) is 2. The van der Waals surface area contributed by atoms with Gasteiger partial charge >= 0.3 is 0 Å². The summed E-state index contributed by atoms with van der Waals surface area (Å²) in [5, 5.41) is 4.42. The van der Waals surface area contributed by atoms with Gasteiger partial charge in [0.1, 0.15) is 0 Å².